The molecule has 0 aromatic carbocycles. The molecule has 0 rings (SSSR count). The molecule has 0 saturated carbocycles. The Kier molecular flexibility index (Phi) is 10.4. The summed E-state index contributed by atoms with van der Waals surface area (Å²) in [6.45, 7) is 7.71. The van der Waals surface area contributed by atoms with Crippen LogP contribution in [0, 0.1) is 0 Å². The normalized spacial score (nSPS) is 16.9. The molecule has 0 heterocycles. The number of rotatable bonds is 11. The summed E-state index contributed by atoms with van der Waals surface area (Å²) in [5.41, 5.74) is -0.281. The second-order valence-electron chi connectivity index (χ2n) is 5.63. The predicted molar refractivity (Wildman–Crippen MR) is 79.2 cm³/mol. The summed E-state index contributed by atoms with van der Waals surface area (Å²) < 4.78 is 15.6. The first-order valence-electron chi connectivity index (χ1n) is 7.59. The third-order valence-corrected chi connectivity index (χ3v) is 3.27. The maximum absolute atomic E-state index is 11.3. The Hall–Kier alpha value is -0.850. The van der Waals surface area contributed by atoms with Crippen molar-refractivity contribution in [3.8, 4) is 0 Å². The Morgan fingerprint density at radius 3 is 2.43 bits per heavy atom. The van der Waals surface area contributed by atoms with Gasteiger partial charge in [0.25, 0.3) is 0 Å². The quantitative estimate of drug-likeness (QED) is 0.450. The summed E-state index contributed by atoms with van der Waals surface area (Å²) in [5.74, 6) is 0. The van der Waals surface area contributed by atoms with Gasteiger partial charge in [0.1, 0.15) is 12.7 Å². The van der Waals surface area contributed by atoms with Gasteiger partial charge in [-0.3, -0.25) is 0 Å². The van der Waals surface area contributed by atoms with Gasteiger partial charge < -0.3 is 24.4 Å². The molecule has 0 aliphatic rings. The SMILES string of the molecule is CCC(C)(CCCCO)OCC(C)OC(=O)OCC(C)O. The zero-order chi connectivity index (χ0) is 16.3. The third-order valence-electron chi connectivity index (χ3n) is 3.27. The van der Waals surface area contributed by atoms with Crippen molar-refractivity contribution >= 4 is 6.16 Å². The van der Waals surface area contributed by atoms with Crippen LogP contribution < -0.4 is 0 Å². The number of unbranched alkanes of at least 4 members (excludes halogenated alkanes) is 1. The Morgan fingerprint density at radius 1 is 1.24 bits per heavy atom. The van der Waals surface area contributed by atoms with E-state index in [0.29, 0.717) is 0 Å². The van der Waals surface area contributed by atoms with Crippen molar-refractivity contribution < 1.29 is 29.2 Å². The molecule has 0 fully saturated rings. The van der Waals surface area contributed by atoms with Crippen LogP contribution in [0.2, 0.25) is 0 Å². The molecule has 0 spiro atoms. The van der Waals surface area contributed by atoms with E-state index in [9.17, 15) is 4.79 Å². The average Bonchev–Trinajstić information content (AvgIpc) is 2.43. The molecule has 3 atom stereocenters. The van der Waals surface area contributed by atoms with E-state index in [2.05, 4.69) is 0 Å². The zero-order valence-electron chi connectivity index (χ0n) is 13.6. The lowest BCUT2D eigenvalue weighted by Gasteiger charge is -2.30. The zero-order valence-corrected chi connectivity index (χ0v) is 13.6. The monoisotopic (exact) mass is 306 g/mol. The minimum atomic E-state index is -0.800. The summed E-state index contributed by atoms with van der Waals surface area (Å²) in [4.78, 5) is 11.3. The topological polar surface area (TPSA) is 85.2 Å². The van der Waals surface area contributed by atoms with Gasteiger partial charge in [-0.2, -0.15) is 0 Å². The molecule has 2 N–H and O–H groups in total. The molecule has 0 amide bonds. The molecule has 6 heteroatoms. The van der Waals surface area contributed by atoms with Crippen LogP contribution in [0.15, 0.2) is 0 Å². The minimum absolute atomic E-state index is 0.0831. The number of carbonyl (C=O) groups is 1. The van der Waals surface area contributed by atoms with E-state index in [4.69, 9.17) is 24.4 Å². The van der Waals surface area contributed by atoms with Crippen LogP contribution in [0.3, 0.4) is 0 Å². The van der Waals surface area contributed by atoms with E-state index in [1.807, 2.05) is 13.8 Å². The van der Waals surface area contributed by atoms with Crippen molar-refractivity contribution in [3.63, 3.8) is 0 Å². The highest BCUT2D eigenvalue weighted by Gasteiger charge is 2.24. The fourth-order valence-electron chi connectivity index (χ4n) is 1.70. The third kappa shape index (κ3) is 10.5. The molecule has 0 aliphatic heterocycles. The summed E-state index contributed by atoms with van der Waals surface area (Å²) >= 11 is 0. The van der Waals surface area contributed by atoms with Gasteiger partial charge >= 0.3 is 6.16 Å². The van der Waals surface area contributed by atoms with Crippen LogP contribution in [0.25, 0.3) is 0 Å². The van der Waals surface area contributed by atoms with E-state index in [1.54, 1.807) is 6.92 Å². The highest BCUT2D eigenvalue weighted by atomic mass is 16.7. The largest absolute Gasteiger partial charge is 0.508 e. The number of hydrogen-bond acceptors (Lipinski definition) is 6. The van der Waals surface area contributed by atoms with Gasteiger partial charge in [-0.25, -0.2) is 4.79 Å². The summed E-state index contributed by atoms with van der Waals surface area (Å²) in [7, 11) is 0. The summed E-state index contributed by atoms with van der Waals surface area (Å²) in [6, 6.07) is 0. The molecule has 0 aliphatic carbocycles. The molecule has 0 aromatic heterocycles. The lowest BCUT2D eigenvalue weighted by molar-refractivity contribution is -0.0853. The predicted octanol–water partition coefficient (Wildman–Crippen LogP) is 2.26. The maximum atomic E-state index is 11.3. The summed E-state index contributed by atoms with van der Waals surface area (Å²) in [6.07, 6.45) is 1.42. The van der Waals surface area contributed by atoms with Crippen LogP contribution in [0.5, 0.6) is 0 Å². The van der Waals surface area contributed by atoms with Gasteiger partial charge in [-0.1, -0.05) is 6.92 Å². The number of ether oxygens (including phenoxy) is 3. The lowest BCUT2D eigenvalue weighted by Crippen LogP contribution is -2.33. The molecule has 0 bridgehead atoms. The van der Waals surface area contributed by atoms with Gasteiger partial charge in [0.2, 0.25) is 0 Å². The fraction of sp³-hybridized carbons (Fsp3) is 0.933. The van der Waals surface area contributed by atoms with Gasteiger partial charge in [0.15, 0.2) is 0 Å². The Morgan fingerprint density at radius 2 is 1.90 bits per heavy atom. The number of aliphatic hydroxyl groups is 2. The second kappa shape index (κ2) is 10.8. The van der Waals surface area contributed by atoms with E-state index in [-0.39, 0.29) is 25.4 Å². The highest BCUT2D eigenvalue weighted by molar-refractivity contribution is 5.60. The number of carbonyl (C=O) groups excluding carboxylic acids is 1. The molecule has 6 nitrogen and oxygen atoms in total. The molecular formula is C15H30O6. The smallest absolute Gasteiger partial charge is 0.432 e. The fourth-order valence-corrected chi connectivity index (χ4v) is 1.70. The standard InChI is InChI=1S/C15H30O6/c1-5-15(4,8-6-7-9-16)20-11-13(3)21-14(18)19-10-12(2)17/h12-13,16-17H,5-11H2,1-4H3. The molecule has 0 aromatic rings. The molecule has 126 valence electrons. The van der Waals surface area contributed by atoms with E-state index in [1.165, 1.54) is 6.92 Å². The van der Waals surface area contributed by atoms with E-state index < -0.39 is 18.4 Å². The molecule has 0 radical (unpaired) electrons. The number of aliphatic hydroxyl groups excluding tert-OH is 2. The minimum Gasteiger partial charge on any atom is -0.432 e. The molecule has 3 unspecified atom stereocenters. The Labute approximate surface area is 127 Å². The van der Waals surface area contributed by atoms with Crippen LogP contribution in [-0.2, 0) is 14.2 Å². The van der Waals surface area contributed by atoms with Crippen LogP contribution in [-0.4, -0.2) is 54.0 Å². The average molecular weight is 306 g/mol. The van der Waals surface area contributed by atoms with Crippen LogP contribution in [0.4, 0.5) is 4.79 Å². The van der Waals surface area contributed by atoms with E-state index in [0.717, 1.165) is 25.7 Å². The van der Waals surface area contributed by atoms with Crippen molar-refractivity contribution in [1.29, 1.82) is 0 Å². The first-order chi connectivity index (χ1) is 9.83. The highest BCUT2D eigenvalue weighted by Crippen LogP contribution is 2.23. The first-order valence-corrected chi connectivity index (χ1v) is 7.59. The molecule has 21 heavy (non-hydrogen) atoms. The first kappa shape index (κ1) is 20.1. The van der Waals surface area contributed by atoms with Crippen molar-refractivity contribution in [2.75, 3.05) is 19.8 Å². The van der Waals surface area contributed by atoms with Crippen molar-refractivity contribution in [2.24, 2.45) is 0 Å². The van der Waals surface area contributed by atoms with E-state index >= 15 is 0 Å². The lowest BCUT2D eigenvalue weighted by atomic mass is 9.96. The van der Waals surface area contributed by atoms with Gasteiger partial charge in [-0.15, -0.1) is 0 Å². The van der Waals surface area contributed by atoms with Crippen molar-refractivity contribution in [1.82, 2.24) is 0 Å². The van der Waals surface area contributed by atoms with Crippen molar-refractivity contribution in [2.45, 2.75) is 71.2 Å². The molecule has 0 saturated heterocycles. The maximum Gasteiger partial charge on any atom is 0.508 e. The second-order valence-corrected chi connectivity index (χ2v) is 5.63. The van der Waals surface area contributed by atoms with Crippen LogP contribution in [0.1, 0.15) is 53.4 Å². The molecular weight excluding hydrogens is 276 g/mol. The van der Waals surface area contributed by atoms with Crippen LogP contribution >= 0.6 is 0 Å². The van der Waals surface area contributed by atoms with Gasteiger partial charge in [-0.05, 0) is 46.5 Å². The number of hydrogen-bond donors (Lipinski definition) is 2. The Bertz CT molecular complexity index is 281. The van der Waals surface area contributed by atoms with Crippen molar-refractivity contribution in [3.05, 3.63) is 0 Å². The summed E-state index contributed by atoms with van der Waals surface area (Å²) in [5, 5.41) is 17.8. The van der Waals surface area contributed by atoms with Gasteiger partial charge in [0.05, 0.1) is 18.3 Å². The van der Waals surface area contributed by atoms with Gasteiger partial charge in [0, 0.05) is 6.61 Å². The Balaban J connectivity index is 4.02.